The third kappa shape index (κ3) is 11.6. The first-order valence-corrected chi connectivity index (χ1v) is 28.2. The fourth-order valence-electron chi connectivity index (χ4n) is 9.40. The van der Waals surface area contributed by atoms with E-state index in [9.17, 15) is 16.8 Å². The molecule has 2 atom stereocenters. The molecule has 0 bridgehead atoms. The molecule has 2 aromatic heterocycles. The Labute approximate surface area is 445 Å². The second-order valence-corrected chi connectivity index (χ2v) is 25.9. The second-order valence-electron chi connectivity index (χ2n) is 20.1. The lowest BCUT2D eigenvalue weighted by molar-refractivity contribution is 0.286. The van der Waals surface area contributed by atoms with Crippen LogP contribution in [0.15, 0.2) is 95.0 Å². The summed E-state index contributed by atoms with van der Waals surface area (Å²) in [6.07, 6.45) is 8.87. The van der Waals surface area contributed by atoms with Gasteiger partial charge in [-0.2, -0.15) is 9.97 Å². The van der Waals surface area contributed by atoms with Gasteiger partial charge in [0.1, 0.15) is 21.5 Å². The molecule has 0 aliphatic heterocycles. The van der Waals surface area contributed by atoms with E-state index in [0.717, 1.165) is 43.5 Å². The largest absolute Gasteiger partial charge is 0.495 e. The van der Waals surface area contributed by atoms with Crippen LogP contribution in [0.1, 0.15) is 96.9 Å². The predicted octanol–water partition coefficient (Wildman–Crippen LogP) is 12.0. The summed E-state index contributed by atoms with van der Waals surface area (Å²) in [5.74, 6) is 2.85. The van der Waals surface area contributed by atoms with Gasteiger partial charge in [0, 0.05) is 11.5 Å². The number of nitrogens with two attached hydrogens (primary N) is 1. The van der Waals surface area contributed by atoms with Crippen LogP contribution < -0.4 is 36.5 Å². The Hall–Kier alpha value is -6.05. The molecule has 0 radical (unpaired) electrons. The average molecular weight is 1090 g/mol. The van der Waals surface area contributed by atoms with Crippen molar-refractivity contribution in [2.24, 2.45) is 11.7 Å². The first-order chi connectivity index (χ1) is 34.9. The Balaban J connectivity index is 0.000000217. The summed E-state index contributed by atoms with van der Waals surface area (Å²) in [5.41, 5.74) is 13.2. The molecular formula is C54H66Cl2N10O6S2. The predicted molar refractivity (Wildman–Crippen MR) is 298 cm³/mol. The van der Waals surface area contributed by atoms with Crippen LogP contribution in [0, 0.1) is 11.3 Å². The minimum absolute atomic E-state index is 0.0733. The van der Waals surface area contributed by atoms with Crippen LogP contribution in [0.2, 0.25) is 10.0 Å². The number of para-hydroxylation sites is 2. The molecule has 20 heteroatoms. The van der Waals surface area contributed by atoms with E-state index in [4.69, 9.17) is 43.8 Å². The van der Waals surface area contributed by atoms with Crippen molar-refractivity contribution in [3.8, 4) is 11.5 Å². The van der Waals surface area contributed by atoms with Crippen molar-refractivity contribution in [3.63, 3.8) is 0 Å². The number of nitrogens with one attached hydrogen (secondary N) is 5. The molecule has 0 fully saturated rings. The highest BCUT2D eigenvalue weighted by molar-refractivity contribution is 7.92. The van der Waals surface area contributed by atoms with Crippen molar-refractivity contribution in [1.29, 1.82) is 5.41 Å². The minimum Gasteiger partial charge on any atom is -0.495 e. The maximum absolute atomic E-state index is 12.9. The van der Waals surface area contributed by atoms with Crippen LogP contribution in [-0.4, -0.2) is 73.7 Å². The number of aromatic nitrogens is 4. The SMILES string of the molecule is COc1cc2c(cc1Nc1ncc(Cl)c(Nc3ccccc3S(=O)(=O)C(C)C)n1)CCC(CC=N)C2(C)C.COc1cc2c(cc1Nc1ncc(Cl)c(Nc3ccccc3S(=O)(=O)C(C)C)n1)CCC(N)C2(C)C. The fourth-order valence-corrected chi connectivity index (χ4v) is 12.1. The maximum Gasteiger partial charge on any atom is 0.229 e. The molecule has 0 amide bonds. The normalized spacial score (nSPS) is 16.7. The first-order valence-electron chi connectivity index (χ1n) is 24.4. The highest BCUT2D eigenvalue weighted by atomic mass is 35.5. The standard InChI is InChI=1S/C28H34ClN5O3S.C26H32ClN5O3S/c1-17(2)38(35,36)25-9-7-6-8-22(25)32-26-21(29)16-31-27(34-26)33-23-14-18-10-11-19(12-13-30)28(3,4)20(18)15-24(23)37-5;1-15(2)36(33,34)22-9-7-6-8-19(22)30-24-18(27)14-29-25(32-24)31-20-12-16-10-11-23(28)26(3,4)17(16)13-21(20)35-5/h6-9,13-17,19,30H,10-12H2,1-5H3,(H2,31,32,33,34);6-9,12-15,23H,10-11,28H2,1-5H3,(H2,29,30,31,32). The summed E-state index contributed by atoms with van der Waals surface area (Å²) in [6.45, 7) is 15.3. The molecule has 74 heavy (non-hydrogen) atoms. The molecule has 16 nitrogen and oxygen atoms in total. The Morgan fingerprint density at radius 1 is 0.662 bits per heavy atom. The van der Waals surface area contributed by atoms with E-state index in [0.29, 0.717) is 28.8 Å². The van der Waals surface area contributed by atoms with Crippen molar-refractivity contribution in [2.75, 3.05) is 35.5 Å². The number of aryl methyl sites for hydroxylation is 2. The van der Waals surface area contributed by atoms with Gasteiger partial charge < -0.3 is 41.9 Å². The van der Waals surface area contributed by atoms with Crippen LogP contribution in [-0.2, 0) is 43.3 Å². The summed E-state index contributed by atoms with van der Waals surface area (Å²) < 4.78 is 62.9. The molecule has 7 N–H and O–H groups in total. The van der Waals surface area contributed by atoms with Gasteiger partial charge in [0.05, 0.1) is 69.7 Å². The number of fused-ring (bicyclic) bond motifs is 2. The smallest absolute Gasteiger partial charge is 0.229 e. The summed E-state index contributed by atoms with van der Waals surface area (Å²) >= 11 is 12.8. The van der Waals surface area contributed by atoms with Crippen LogP contribution in [0.5, 0.6) is 11.5 Å². The molecule has 0 saturated heterocycles. The van der Waals surface area contributed by atoms with Crippen LogP contribution in [0.3, 0.4) is 0 Å². The quantitative estimate of drug-likeness (QED) is 0.0494. The van der Waals surface area contributed by atoms with Crippen LogP contribution in [0.4, 0.5) is 46.3 Å². The van der Waals surface area contributed by atoms with Gasteiger partial charge in [-0.05, 0) is 148 Å². The number of sulfone groups is 2. The van der Waals surface area contributed by atoms with E-state index < -0.39 is 30.2 Å². The zero-order valence-electron chi connectivity index (χ0n) is 43.4. The fraction of sp³-hybridized carbons (Fsp3) is 0.389. The van der Waals surface area contributed by atoms with Crippen LogP contribution in [0.25, 0.3) is 0 Å². The Bertz CT molecular complexity index is 3280. The number of benzene rings is 4. The number of methoxy groups -OCH3 is 2. The van der Waals surface area contributed by atoms with E-state index in [1.54, 1.807) is 90.4 Å². The van der Waals surface area contributed by atoms with Crippen molar-refractivity contribution < 1.29 is 26.3 Å². The van der Waals surface area contributed by atoms with Gasteiger partial charge in [-0.25, -0.2) is 26.8 Å². The van der Waals surface area contributed by atoms with E-state index in [2.05, 4.69) is 87.1 Å². The first kappa shape index (κ1) is 55.7. The van der Waals surface area contributed by atoms with Gasteiger partial charge in [0.15, 0.2) is 31.3 Å². The molecular weight excluding hydrogens is 1020 g/mol. The molecule has 0 spiro atoms. The summed E-state index contributed by atoms with van der Waals surface area (Å²) in [6, 6.07) is 21.7. The van der Waals surface area contributed by atoms with E-state index in [1.165, 1.54) is 40.9 Å². The van der Waals surface area contributed by atoms with Crippen molar-refractivity contribution in [1.82, 2.24) is 19.9 Å². The molecule has 2 unspecified atom stereocenters. The van der Waals surface area contributed by atoms with Gasteiger partial charge in [-0.1, -0.05) is 75.2 Å². The van der Waals surface area contributed by atoms with Crippen LogP contribution >= 0.6 is 23.2 Å². The van der Waals surface area contributed by atoms with Gasteiger partial charge >= 0.3 is 0 Å². The van der Waals surface area contributed by atoms with Crippen molar-refractivity contribution >= 4 is 95.4 Å². The maximum atomic E-state index is 12.9. The van der Waals surface area contributed by atoms with E-state index in [1.807, 2.05) is 6.07 Å². The summed E-state index contributed by atoms with van der Waals surface area (Å²) in [7, 11) is -3.81. The topological polar surface area (TPSA) is 236 Å². The van der Waals surface area contributed by atoms with Crippen molar-refractivity contribution in [2.45, 2.75) is 125 Å². The number of anilines is 8. The molecule has 2 aliphatic rings. The number of ether oxygens (including phenoxy) is 2. The third-order valence-electron chi connectivity index (χ3n) is 14.2. The minimum atomic E-state index is -3.53. The molecule has 4 aromatic carbocycles. The molecule has 2 aliphatic carbocycles. The monoisotopic (exact) mass is 1080 g/mol. The molecule has 2 heterocycles. The Morgan fingerprint density at radius 2 is 1.08 bits per heavy atom. The lowest BCUT2D eigenvalue weighted by Gasteiger charge is -2.40. The highest BCUT2D eigenvalue weighted by Gasteiger charge is 2.38. The Morgan fingerprint density at radius 3 is 1.50 bits per heavy atom. The molecule has 8 rings (SSSR count). The molecule has 394 valence electrons. The molecule has 6 aromatic rings. The zero-order chi connectivity index (χ0) is 53.9. The van der Waals surface area contributed by atoms with Crippen molar-refractivity contribution in [3.05, 3.63) is 117 Å². The summed E-state index contributed by atoms with van der Waals surface area (Å²) in [5, 5.41) is 19.6. The zero-order valence-corrected chi connectivity index (χ0v) is 46.5. The summed E-state index contributed by atoms with van der Waals surface area (Å²) in [4.78, 5) is 18.1. The highest BCUT2D eigenvalue weighted by Crippen LogP contribution is 2.47. The second kappa shape index (κ2) is 22.4. The number of halogens is 2. The number of rotatable bonds is 16. The average Bonchev–Trinajstić information content (AvgIpc) is 3.36. The molecule has 0 saturated carbocycles. The number of nitrogens with zero attached hydrogens (tertiary/aromatic N) is 4. The van der Waals surface area contributed by atoms with Gasteiger partial charge in [-0.3, -0.25) is 0 Å². The number of hydrogen-bond donors (Lipinski definition) is 6. The Kier molecular flexibility index (Phi) is 16.9. The number of hydrogen-bond acceptors (Lipinski definition) is 16. The lowest BCUT2D eigenvalue weighted by atomic mass is 9.64. The lowest BCUT2D eigenvalue weighted by Crippen LogP contribution is -2.44. The van der Waals surface area contributed by atoms with E-state index >= 15 is 0 Å². The van der Waals surface area contributed by atoms with Gasteiger partial charge in [0.25, 0.3) is 0 Å². The van der Waals surface area contributed by atoms with Gasteiger partial charge in [0.2, 0.25) is 11.9 Å². The van der Waals surface area contributed by atoms with Gasteiger partial charge in [-0.15, -0.1) is 0 Å². The van der Waals surface area contributed by atoms with E-state index in [-0.39, 0.29) is 60.2 Å². The third-order valence-corrected chi connectivity index (χ3v) is 19.2.